The molecule has 1 amide bonds. The van der Waals surface area contributed by atoms with Gasteiger partial charge >= 0.3 is 0 Å². The number of aromatic nitrogens is 3. The monoisotopic (exact) mass is 456 g/mol. The molecule has 2 atom stereocenters. The van der Waals surface area contributed by atoms with Crippen LogP contribution in [0.15, 0.2) is 36.5 Å². The Balaban J connectivity index is 1.50. The van der Waals surface area contributed by atoms with Gasteiger partial charge in [-0.3, -0.25) is 9.48 Å². The van der Waals surface area contributed by atoms with E-state index in [9.17, 15) is 13.6 Å². The van der Waals surface area contributed by atoms with Crippen LogP contribution in [0, 0.1) is 0 Å². The first-order valence-electron chi connectivity index (χ1n) is 11.1. The van der Waals surface area contributed by atoms with Crippen molar-refractivity contribution in [3.05, 3.63) is 47.8 Å². The minimum absolute atomic E-state index is 0.0522. The molecule has 9 heteroatoms. The summed E-state index contributed by atoms with van der Waals surface area (Å²) in [6.45, 7) is 6.49. The van der Waals surface area contributed by atoms with E-state index in [0.29, 0.717) is 12.4 Å². The van der Waals surface area contributed by atoms with Crippen molar-refractivity contribution in [1.82, 2.24) is 14.8 Å². The number of hydrogen-bond acceptors (Lipinski definition) is 5. The first-order chi connectivity index (χ1) is 15.7. The number of anilines is 1. The molecule has 2 aliphatic rings. The molecule has 0 radical (unpaired) electrons. The molecule has 3 aromatic rings. The summed E-state index contributed by atoms with van der Waals surface area (Å²) in [6.07, 6.45) is 1.94. The fourth-order valence-corrected chi connectivity index (χ4v) is 4.84. The zero-order chi connectivity index (χ0) is 23.4. The number of benzene rings is 1. The molecule has 1 aliphatic carbocycles. The van der Waals surface area contributed by atoms with Crippen LogP contribution >= 0.6 is 0 Å². The van der Waals surface area contributed by atoms with Gasteiger partial charge in [-0.15, -0.1) is 0 Å². The Kier molecular flexibility index (Phi) is 5.12. The van der Waals surface area contributed by atoms with E-state index in [0.717, 1.165) is 30.2 Å². The highest BCUT2D eigenvalue weighted by molar-refractivity contribution is 6.08. The maximum absolute atomic E-state index is 13.1. The number of fused-ring (bicyclic) bond motifs is 3. The highest BCUT2D eigenvalue weighted by Crippen LogP contribution is 2.51. The third kappa shape index (κ3) is 3.94. The summed E-state index contributed by atoms with van der Waals surface area (Å²) >= 11 is 0. The van der Waals surface area contributed by atoms with Gasteiger partial charge in [-0.1, -0.05) is 6.07 Å². The molecule has 1 saturated heterocycles. The molecular weight excluding hydrogens is 430 g/mol. The Morgan fingerprint density at radius 3 is 2.73 bits per heavy atom. The Bertz CT molecular complexity index is 1220. The molecule has 2 aromatic heterocycles. The number of pyridine rings is 1. The zero-order valence-electron chi connectivity index (χ0n) is 18.8. The van der Waals surface area contributed by atoms with Crippen molar-refractivity contribution in [1.29, 1.82) is 0 Å². The van der Waals surface area contributed by atoms with E-state index in [1.54, 1.807) is 12.1 Å². The molecule has 5 rings (SSSR count). The van der Waals surface area contributed by atoms with Crippen LogP contribution in [0.4, 0.5) is 14.6 Å². The predicted molar refractivity (Wildman–Crippen MR) is 119 cm³/mol. The molecule has 174 valence electrons. The van der Waals surface area contributed by atoms with Crippen LogP contribution in [0.3, 0.4) is 0 Å². The number of rotatable bonds is 6. The highest BCUT2D eigenvalue weighted by atomic mass is 19.3. The highest BCUT2D eigenvalue weighted by Gasteiger charge is 2.54. The molecule has 1 saturated carbocycles. The predicted octanol–water partition coefficient (Wildman–Crippen LogP) is 5.08. The minimum atomic E-state index is -2.72. The molecule has 1 N–H and O–H groups in total. The van der Waals surface area contributed by atoms with Gasteiger partial charge in [-0.25, -0.2) is 13.8 Å². The summed E-state index contributed by atoms with van der Waals surface area (Å²) in [5, 5.41) is 8.21. The van der Waals surface area contributed by atoms with Gasteiger partial charge < -0.3 is 14.8 Å². The second kappa shape index (κ2) is 7.76. The van der Waals surface area contributed by atoms with Gasteiger partial charge in [0, 0.05) is 24.1 Å². The number of ether oxygens (including phenoxy) is 2. The van der Waals surface area contributed by atoms with E-state index >= 15 is 0 Å². The Morgan fingerprint density at radius 1 is 1.27 bits per heavy atom. The lowest BCUT2D eigenvalue weighted by atomic mass is 9.99. The molecular formula is C24H26F2N4O3. The third-order valence-corrected chi connectivity index (χ3v) is 6.45. The van der Waals surface area contributed by atoms with Gasteiger partial charge in [-0.2, -0.15) is 5.10 Å². The fourth-order valence-electron chi connectivity index (χ4n) is 4.84. The molecule has 2 fully saturated rings. The van der Waals surface area contributed by atoms with Crippen LogP contribution < -0.4 is 10.1 Å². The summed E-state index contributed by atoms with van der Waals surface area (Å²) in [5.74, 6) is -0.0620. The van der Waals surface area contributed by atoms with E-state index in [1.807, 2.05) is 24.7 Å². The average Bonchev–Trinajstić information content (AvgIpc) is 3.43. The van der Waals surface area contributed by atoms with Crippen LogP contribution in [0.25, 0.3) is 10.9 Å². The molecule has 2 unspecified atom stereocenters. The van der Waals surface area contributed by atoms with Crippen molar-refractivity contribution < 1.29 is 23.0 Å². The van der Waals surface area contributed by atoms with Crippen molar-refractivity contribution in [3.8, 4) is 5.75 Å². The van der Waals surface area contributed by atoms with E-state index in [2.05, 4.69) is 17.2 Å². The summed E-state index contributed by atoms with van der Waals surface area (Å²) in [4.78, 5) is 16.9. The van der Waals surface area contributed by atoms with Crippen molar-refractivity contribution in [3.63, 3.8) is 0 Å². The van der Waals surface area contributed by atoms with E-state index in [4.69, 9.17) is 14.6 Å². The summed E-state index contributed by atoms with van der Waals surface area (Å²) in [5.41, 5.74) is 0.333. The quantitative estimate of drug-likeness (QED) is 0.560. The number of hydrogen-bond donors (Lipinski definition) is 1. The summed E-state index contributed by atoms with van der Waals surface area (Å²) < 4.78 is 39.9. The number of nitrogens with one attached hydrogen (secondary N) is 1. The van der Waals surface area contributed by atoms with E-state index < -0.39 is 18.0 Å². The third-order valence-electron chi connectivity index (χ3n) is 6.45. The van der Waals surface area contributed by atoms with Gasteiger partial charge in [0.25, 0.3) is 12.3 Å². The van der Waals surface area contributed by atoms with Crippen LogP contribution in [-0.4, -0.2) is 39.0 Å². The van der Waals surface area contributed by atoms with E-state index in [1.165, 1.54) is 18.2 Å². The number of carbonyl (C=O) groups is 1. The largest absolute Gasteiger partial charge is 0.490 e. The molecule has 1 aromatic carbocycles. The van der Waals surface area contributed by atoms with Crippen LogP contribution in [0.2, 0.25) is 0 Å². The second-order valence-electron chi connectivity index (χ2n) is 9.49. The fraction of sp³-hybridized carbons (Fsp3) is 0.458. The van der Waals surface area contributed by atoms with E-state index in [-0.39, 0.29) is 28.6 Å². The van der Waals surface area contributed by atoms with Gasteiger partial charge in [0.05, 0.1) is 34.9 Å². The molecule has 33 heavy (non-hydrogen) atoms. The average molecular weight is 456 g/mol. The Morgan fingerprint density at radius 2 is 2.09 bits per heavy atom. The van der Waals surface area contributed by atoms with Gasteiger partial charge in [0.15, 0.2) is 0 Å². The van der Waals surface area contributed by atoms with Crippen LogP contribution in [-0.2, 0) is 10.3 Å². The Hall–Kier alpha value is -3.07. The first kappa shape index (κ1) is 21.8. The second-order valence-corrected chi connectivity index (χ2v) is 9.49. The van der Waals surface area contributed by atoms with Gasteiger partial charge in [0.2, 0.25) is 0 Å². The molecule has 0 spiro atoms. The molecule has 1 aliphatic heterocycles. The van der Waals surface area contributed by atoms with Crippen molar-refractivity contribution in [2.45, 2.75) is 63.7 Å². The minimum Gasteiger partial charge on any atom is -0.490 e. The standard InChI is InChI=1S/C24H26F2N4O3/c1-14(2)33-19-10-18-15(11-30(29-18)24-8-7-23(3,12-24)32-13-24)9-16(19)22(31)28-20-6-4-5-17(27-20)21(25)26/h4-6,9-11,14,21H,7-8,12-13H2,1-3H3,(H,27,28,31). The lowest BCUT2D eigenvalue weighted by molar-refractivity contribution is -0.0149. The maximum atomic E-state index is 13.1. The first-order valence-corrected chi connectivity index (χ1v) is 11.1. The zero-order valence-corrected chi connectivity index (χ0v) is 18.8. The van der Waals surface area contributed by atoms with Crippen LogP contribution in [0.5, 0.6) is 5.75 Å². The van der Waals surface area contributed by atoms with Gasteiger partial charge in [0.1, 0.15) is 17.3 Å². The maximum Gasteiger partial charge on any atom is 0.280 e. The topological polar surface area (TPSA) is 78.3 Å². The van der Waals surface area contributed by atoms with Gasteiger partial charge in [-0.05, 0) is 51.8 Å². The number of alkyl halides is 2. The molecule has 3 heterocycles. The summed E-state index contributed by atoms with van der Waals surface area (Å²) in [7, 11) is 0. The number of carbonyl (C=O) groups excluding carboxylic acids is 1. The smallest absolute Gasteiger partial charge is 0.280 e. The molecule has 2 bridgehead atoms. The normalized spacial score (nSPS) is 24.2. The Labute approximate surface area is 190 Å². The number of amides is 1. The SMILES string of the molecule is CC(C)Oc1cc2nn(C34CCC(C)(C3)OC4)cc2cc1C(=O)Nc1cccc(C(F)F)n1. The van der Waals surface area contributed by atoms with Crippen molar-refractivity contribution in [2.24, 2.45) is 0 Å². The lowest BCUT2D eigenvalue weighted by Crippen LogP contribution is -2.33. The summed E-state index contributed by atoms with van der Waals surface area (Å²) in [6, 6.07) is 7.60. The van der Waals surface area contributed by atoms with Crippen molar-refractivity contribution in [2.75, 3.05) is 11.9 Å². The number of nitrogens with zero attached hydrogens (tertiary/aromatic N) is 3. The van der Waals surface area contributed by atoms with Crippen molar-refractivity contribution >= 4 is 22.6 Å². The molecule has 7 nitrogen and oxygen atoms in total. The van der Waals surface area contributed by atoms with Crippen LogP contribution in [0.1, 0.15) is 62.5 Å². The lowest BCUT2D eigenvalue weighted by Gasteiger charge is -2.26. The number of halogens is 2.